The van der Waals surface area contributed by atoms with Crippen LogP contribution in [0.15, 0.2) is 24.3 Å². The molecule has 1 aromatic carbocycles. The van der Waals surface area contributed by atoms with Crippen LogP contribution in [0.2, 0.25) is 0 Å². The molecule has 126 valence electrons. The molecule has 1 fully saturated rings. The van der Waals surface area contributed by atoms with Crippen LogP contribution in [0.4, 0.5) is 0 Å². The second-order valence-electron chi connectivity index (χ2n) is 6.42. The molecule has 0 aromatic heterocycles. The lowest BCUT2D eigenvalue weighted by Crippen LogP contribution is -2.40. The van der Waals surface area contributed by atoms with Crippen LogP contribution >= 0.6 is 0 Å². The van der Waals surface area contributed by atoms with E-state index in [0.29, 0.717) is 36.3 Å². The Morgan fingerprint density at radius 3 is 2.57 bits per heavy atom. The number of amides is 2. The zero-order valence-corrected chi connectivity index (χ0v) is 14.0. The maximum atomic E-state index is 12.4. The number of benzene rings is 1. The minimum Gasteiger partial charge on any atom is -0.493 e. The SMILES string of the molecule is C[C@@H]1CCC[C@H](C)N(C(=O)CCOc2ccc(C(N)=O)cc2)C1. The second-order valence-corrected chi connectivity index (χ2v) is 6.42. The van der Waals surface area contributed by atoms with Crippen LogP contribution in [-0.4, -0.2) is 35.9 Å². The zero-order chi connectivity index (χ0) is 16.8. The van der Waals surface area contributed by atoms with Gasteiger partial charge < -0.3 is 15.4 Å². The fraction of sp³-hybridized carbons (Fsp3) is 0.556. The fourth-order valence-electron chi connectivity index (χ4n) is 2.99. The summed E-state index contributed by atoms with van der Waals surface area (Å²) in [4.78, 5) is 25.4. The molecule has 0 bridgehead atoms. The number of hydrogen-bond acceptors (Lipinski definition) is 3. The van der Waals surface area contributed by atoms with Gasteiger partial charge in [-0.3, -0.25) is 9.59 Å². The molecule has 2 atom stereocenters. The number of primary amides is 1. The van der Waals surface area contributed by atoms with Crippen molar-refractivity contribution in [2.75, 3.05) is 13.2 Å². The number of likely N-dealkylation sites (tertiary alicyclic amines) is 1. The lowest BCUT2D eigenvalue weighted by molar-refractivity contribution is -0.134. The largest absolute Gasteiger partial charge is 0.493 e. The molecule has 1 saturated heterocycles. The van der Waals surface area contributed by atoms with Crippen molar-refractivity contribution in [3.8, 4) is 5.75 Å². The zero-order valence-electron chi connectivity index (χ0n) is 14.0. The number of rotatable bonds is 5. The molecule has 5 heteroatoms. The van der Waals surface area contributed by atoms with Gasteiger partial charge in [0.05, 0.1) is 13.0 Å². The average molecular weight is 318 g/mol. The van der Waals surface area contributed by atoms with E-state index in [4.69, 9.17) is 10.5 Å². The summed E-state index contributed by atoms with van der Waals surface area (Å²) < 4.78 is 5.60. The van der Waals surface area contributed by atoms with E-state index in [1.165, 1.54) is 12.8 Å². The van der Waals surface area contributed by atoms with Gasteiger partial charge in [0.2, 0.25) is 11.8 Å². The highest BCUT2D eigenvalue weighted by atomic mass is 16.5. The molecule has 1 aliphatic rings. The van der Waals surface area contributed by atoms with E-state index in [-0.39, 0.29) is 5.91 Å². The van der Waals surface area contributed by atoms with Crippen LogP contribution in [0.1, 0.15) is 49.9 Å². The molecule has 0 radical (unpaired) electrons. The van der Waals surface area contributed by atoms with Crippen molar-refractivity contribution in [1.82, 2.24) is 4.90 Å². The van der Waals surface area contributed by atoms with Crippen molar-refractivity contribution in [2.45, 2.75) is 45.6 Å². The van der Waals surface area contributed by atoms with Crippen LogP contribution in [0.25, 0.3) is 0 Å². The van der Waals surface area contributed by atoms with Crippen molar-refractivity contribution in [1.29, 1.82) is 0 Å². The Labute approximate surface area is 137 Å². The van der Waals surface area contributed by atoms with E-state index in [0.717, 1.165) is 13.0 Å². The first-order valence-corrected chi connectivity index (χ1v) is 8.29. The first-order chi connectivity index (χ1) is 11.0. The lowest BCUT2D eigenvalue weighted by atomic mass is 10.1. The van der Waals surface area contributed by atoms with Crippen LogP contribution in [-0.2, 0) is 4.79 Å². The van der Waals surface area contributed by atoms with Gasteiger partial charge in [-0.2, -0.15) is 0 Å². The molecule has 0 unspecified atom stereocenters. The first-order valence-electron chi connectivity index (χ1n) is 8.29. The lowest BCUT2D eigenvalue weighted by Gasteiger charge is -2.28. The highest BCUT2D eigenvalue weighted by Crippen LogP contribution is 2.21. The Balaban J connectivity index is 1.82. The van der Waals surface area contributed by atoms with Crippen molar-refractivity contribution >= 4 is 11.8 Å². The van der Waals surface area contributed by atoms with E-state index in [2.05, 4.69) is 13.8 Å². The van der Waals surface area contributed by atoms with Crippen LogP contribution in [0, 0.1) is 5.92 Å². The first kappa shape index (κ1) is 17.3. The summed E-state index contributed by atoms with van der Waals surface area (Å²) in [6, 6.07) is 6.95. The Morgan fingerprint density at radius 1 is 1.22 bits per heavy atom. The number of carbonyl (C=O) groups is 2. The minimum absolute atomic E-state index is 0.153. The van der Waals surface area contributed by atoms with Gasteiger partial charge >= 0.3 is 0 Å². The van der Waals surface area contributed by atoms with E-state index in [1.54, 1.807) is 24.3 Å². The summed E-state index contributed by atoms with van der Waals surface area (Å²) in [6.07, 6.45) is 3.83. The molecule has 0 spiro atoms. The van der Waals surface area contributed by atoms with Crippen molar-refractivity contribution < 1.29 is 14.3 Å². The molecule has 23 heavy (non-hydrogen) atoms. The third-order valence-corrected chi connectivity index (χ3v) is 4.40. The molecule has 2 rings (SSSR count). The average Bonchev–Trinajstić information content (AvgIpc) is 2.69. The minimum atomic E-state index is -0.462. The van der Waals surface area contributed by atoms with Crippen LogP contribution < -0.4 is 10.5 Å². The number of carbonyl (C=O) groups excluding carboxylic acids is 2. The smallest absolute Gasteiger partial charge is 0.248 e. The maximum absolute atomic E-state index is 12.4. The molecule has 1 aromatic rings. The third kappa shape index (κ3) is 4.98. The Morgan fingerprint density at radius 2 is 1.91 bits per heavy atom. The number of nitrogens with zero attached hydrogens (tertiary/aromatic N) is 1. The van der Waals surface area contributed by atoms with Gasteiger partial charge in [0.1, 0.15) is 5.75 Å². The molecular weight excluding hydrogens is 292 g/mol. The molecule has 0 saturated carbocycles. The molecular formula is C18H26N2O3. The van der Waals surface area contributed by atoms with Gasteiger partial charge in [-0.15, -0.1) is 0 Å². The summed E-state index contributed by atoms with van der Waals surface area (Å²) in [5, 5.41) is 0. The number of hydrogen-bond donors (Lipinski definition) is 1. The quantitative estimate of drug-likeness (QED) is 0.907. The summed E-state index contributed by atoms with van der Waals surface area (Å²) in [6.45, 7) is 5.51. The molecule has 1 heterocycles. The van der Waals surface area contributed by atoms with Gasteiger partial charge in [0.15, 0.2) is 0 Å². The topological polar surface area (TPSA) is 72.6 Å². The Bertz CT molecular complexity index is 542. The number of ether oxygens (including phenoxy) is 1. The maximum Gasteiger partial charge on any atom is 0.248 e. The van der Waals surface area contributed by atoms with E-state index in [1.807, 2.05) is 4.90 Å². The predicted molar refractivity (Wildman–Crippen MR) is 89.3 cm³/mol. The van der Waals surface area contributed by atoms with Gasteiger partial charge in [-0.25, -0.2) is 0 Å². The highest BCUT2D eigenvalue weighted by molar-refractivity contribution is 5.92. The second kappa shape index (κ2) is 7.99. The molecule has 5 nitrogen and oxygen atoms in total. The highest BCUT2D eigenvalue weighted by Gasteiger charge is 2.24. The van der Waals surface area contributed by atoms with Gasteiger partial charge in [0, 0.05) is 18.2 Å². The normalized spacial score (nSPS) is 21.6. The van der Waals surface area contributed by atoms with Crippen LogP contribution in [0.5, 0.6) is 5.75 Å². The molecule has 2 N–H and O–H groups in total. The van der Waals surface area contributed by atoms with Gasteiger partial charge in [-0.1, -0.05) is 13.3 Å². The molecule has 2 amide bonds. The monoisotopic (exact) mass is 318 g/mol. The molecule has 0 aliphatic carbocycles. The Kier molecular flexibility index (Phi) is 6.02. The standard InChI is InChI=1S/C18H26N2O3/c1-13-4-3-5-14(2)20(12-13)17(21)10-11-23-16-8-6-15(7-9-16)18(19)22/h6-9,13-14H,3-5,10-12H2,1-2H3,(H2,19,22)/t13-,14+/m1/s1. The summed E-state index contributed by atoms with van der Waals surface area (Å²) >= 11 is 0. The number of nitrogens with two attached hydrogens (primary N) is 1. The fourth-order valence-corrected chi connectivity index (χ4v) is 2.99. The van der Waals surface area contributed by atoms with E-state index < -0.39 is 5.91 Å². The van der Waals surface area contributed by atoms with Crippen molar-refractivity contribution in [3.63, 3.8) is 0 Å². The van der Waals surface area contributed by atoms with Gasteiger partial charge in [0.25, 0.3) is 0 Å². The van der Waals surface area contributed by atoms with E-state index >= 15 is 0 Å². The van der Waals surface area contributed by atoms with Crippen LogP contribution in [0.3, 0.4) is 0 Å². The molecule has 1 aliphatic heterocycles. The van der Waals surface area contributed by atoms with Crippen molar-refractivity contribution in [2.24, 2.45) is 11.7 Å². The Hall–Kier alpha value is -2.04. The van der Waals surface area contributed by atoms with Gasteiger partial charge in [-0.05, 0) is 49.9 Å². The third-order valence-electron chi connectivity index (χ3n) is 4.40. The summed E-state index contributed by atoms with van der Waals surface area (Å²) in [5.74, 6) is 0.891. The summed E-state index contributed by atoms with van der Waals surface area (Å²) in [5.41, 5.74) is 5.64. The van der Waals surface area contributed by atoms with E-state index in [9.17, 15) is 9.59 Å². The van der Waals surface area contributed by atoms with Crippen molar-refractivity contribution in [3.05, 3.63) is 29.8 Å². The summed E-state index contributed by atoms with van der Waals surface area (Å²) in [7, 11) is 0. The predicted octanol–water partition coefficient (Wildman–Crippen LogP) is 2.59.